The van der Waals surface area contributed by atoms with E-state index in [1.54, 1.807) is 31.2 Å². The maximum absolute atomic E-state index is 11.3. The zero-order valence-corrected chi connectivity index (χ0v) is 9.94. The largest absolute Gasteiger partial charge is 0.478 e. The predicted molar refractivity (Wildman–Crippen MR) is 64.8 cm³/mol. The average Bonchev–Trinajstić information content (AvgIpc) is 2.27. The van der Waals surface area contributed by atoms with E-state index in [9.17, 15) is 9.59 Å². The highest BCUT2D eigenvalue weighted by molar-refractivity contribution is 6.30. The Morgan fingerprint density at radius 3 is 2.41 bits per heavy atom. The van der Waals surface area contributed by atoms with Crippen molar-refractivity contribution in [3.05, 3.63) is 47.0 Å². The van der Waals surface area contributed by atoms with Crippen LogP contribution in [0.3, 0.4) is 0 Å². The van der Waals surface area contributed by atoms with Crippen LogP contribution in [0.1, 0.15) is 18.5 Å². The van der Waals surface area contributed by atoms with E-state index in [2.05, 4.69) is 5.32 Å². The summed E-state index contributed by atoms with van der Waals surface area (Å²) in [6, 6.07) is 6.85. The van der Waals surface area contributed by atoms with Crippen molar-refractivity contribution in [3.8, 4) is 0 Å². The van der Waals surface area contributed by atoms with Crippen LogP contribution in [-0.4, -0.2) is 17.0 Å². The lowest BCUT2D eigenvalue weighted by molar-refractivity contribution is -0.131. The lowest BCUT2D eigenvalue weighted by Crippen LogP contribution is -2.24. The second kappa shape index (κ2) is 6.06. The van der Waals surface area contributed by atoms with Gasteiger partial charge in [-0.25, -0.2) is 4.79 Å². The van der Waals surface area contributed by atoms with Gasteiger partial charge in [0.25, 0.3) is 0 Å². The van der Waals surface area contributed by atoms with Gasteiger partial charge in [0.1, 0.15) is 0 Å². The quantitative estimate of drug-likeness (QED) is 0.808. The Morgan fingerprint density at radius 1 is 1.29 bits per heavy atom. The number of carbonyl (C=O) groups is 2. The summed E-state index contributed by atoms with van der Waals surface area (Å²) in [5.41, 5.74) is 0.895. The van der Waals surface area contributed by atoms with Crippen LogP contribution in [0.4, 0.5) is 0 Å². The molecule has 90 valence electrons. The number of benzene rings is 1. The highest BCUT2D eigenvalue weighted by Gasteiger charge is 2.07. The smallest absolute Gasteiger partial charge is 0.328 e. The van der Waals surface area contributed by atoms with Crippen molar-refractivity contribution in [1.82, 2.24) is 5.32 Å². The van der Waals surface area contributed by atoms with Crippen LogP contribution in [0.25, 0.3) is 0 Å². The van der Waals surface area contributed by atoms with Gasteiger partial charge in [0.05, 0.1) is 6.04 Å². The fraction of sp³-hybridized carbons (Fsp3) is 0.167. The van der Waals surface area contributed by atoms with Crippen molar-refractivity contribution in [3.63, 3.8) is 0 Å². The molecule has 0 heterocycles. The van der Waals surface area contributed by atoms with Gasteiger partial charge >= 0.3 is 5.97 Å². The Morgan fingerprint density at radius 2 is 1.88 bits per heavy atom. The standard InChI is InChI=1S/C12H12ClNO3/c1-8(9-2-4-10(13)5-3-9)14-11(15)6-7-12(16)17/h2-8H,1H3,(H,14,15)(H,16,17)/b7-6+. The Hall–Kier alpha value is -1.81. The summed E-state index contributed by atoms with van der Waals surface area (Å²) in [6.45, 7) is 1.80. The summed E-state index contributed by atoms with van der Waals surface area (Å²) >= 11 is 5.74. The third-order valence-electron chi connectivity index (χ3n) is 2.11. The van der Waals surface area contributed by atoms with Crippen molar-refractivity contribution in [2.75, 3.05) is 0 Å². The van der Waals surface area contributed by atoms with Crippen molar-refractivity contribution in [1.29, 1.82) is 0 Å². The summed E-state index contributed by atoms with van der Waals surface area (Å²) in [5, 5.41) is 11.6. The van der Waals surface area contributed by atoms with E-state index in [1.165, 1.54) is 0 Å². The molecule has 0 spiro atoms. The number of carboxylic acid groups (broad SMARTS) is 1. The number of amides is 1. The van der Waals surface area contributed by atoms with Crippen LogP contribution in [0.2, 0.25) is 5.02 Å². The number of carbonyl (C=O) groups excluding carboxylic acids is 1. The van der Waals surface area contributed by atoms with Gasteiger partial charge in [0.15, 0.2) is 0 Å². The predicted octanol–water partition coefficient (Wildman–Crippen LogP) is 2.16. The number of hydrogen-bond donors (Lipinski definition) is 2. The zero-order chi connectivity index (χ0) is 12.8. The Bertz CT molecular complexity index is 440. The fourth-order valence-corrected chi connectivity index (χ4v) is 1.37. The molecule has 0 bridgehead atoms. The molecule has 17 heavy (non-hydrogen) atoms. The normalized spacial score (nSPS) is 12.4. The summed E-state index contributed by atoms with van der Waals surface area (Å²) < 4.78 is 0. The van der Waals surface area contributed by atoms with Gasteiger partial charge in [0, 0.05) is 17.2 Å². The minimum Gasteiger partial charge on any atom is -0.478 e. The van der Waals surface area contributed by atoms with Gasteiger partial charge in [-0.2, -0.15) is 0 Å². The zero-order valence-electron chi connectivity index (χ0n) is 9.18. The molecule has 1 amide bonds. The van der Waals surface area contributed by atoms with Crippen LogP contribution in [0, 0.1) is 0 Å². The lowest BCUT2D eigenvalue weighted by atomic mass is 10.1. The number of aliphatic carboxylic acids is 1. The number of rotatable bonds is 4. The van der Waals surface area contributed by atoms with Crippen molar-refractivity contribution in [2.45, 2.75) is 13.0 Å². The molecule has 0 aromatic heterocycles. The minimum atomic E-state index is -1.15. The highest BCUT2D eigenvalue weighted by atomic mass is 35.5. The fourth-order valence-electron chi connectivity index (χ4n) is 1.24. The van der Waals surface area contributed by atoms with Crippen LogP contribution in [0.15, 0.2) is 36.4 Å². The number of hydrogen-bond acceptors (Lipinski definition) is 2. The van der Waals surface area contributed by atoms with Crippen LogP contribution in [0.5, 0.6) is 0 Å². The minimum absolute atomic E-state index is 0.210. The lowest BCUT2D eigenvalue weighted by Gasteiger charge is -2.12. The molecule has 0 saturated heterocycles. The monoisotopic (exact) mass is 253 g/mol. The van der Waals surface area contributed by atoms with Gasteiger partial charge < -0.3 is 10.4 Å². The van der Waals surface area contributed by atoms with E-state index in [4.69, 9.17) is 16.7 Å². The summed E-state index contributed by atoms with van der Waals surface area (Å²) in [7, 11) is 0. The van der Waals surface area contributed by atoms with E-state index in [1.807, 2.05) is 0 Å². The third-order valence-corrected chi connectivity index (χ3v) is 2.36. The second-order valence-corrected chi connectivity index (χ2v) is 3.89. The van der Waals surface area contributed by atoms with E-state index in [-0.39, 0.29) is 6.04 Å². The Balaban J connectivity index is 2.60. The summed E-state index contributed by atoms with van der Waals surface area (Å²) in [5.74, 6) is -1.60. The molecule has 0 aliphatic carbocycles. The van der Waals surface area contributed by atoms with Crippen molar-refractivity contribution >= 4 is 23.5 Å². The number of nitrogens with one attached hydrogen (secondary N) is 1. The first-order valence-corrected chi connectivity index (χ1v) is 5.34. The summed E-state index contributed by atoms with van der Waals surface area (Å²) in [6.07, 6.45) is 1.78. The number of halogens is 1. The van der Waals surface area contributed by atoms with Gasteiger partial charge in [-0.05, 0) is 24.6 Å². The first-order chi connectivity index (χ1) is 7.99. The third kappa shape index (κ3) is 4.70. The molecule has 1 atom stereocenters. The first kappa shape index (κ1) is 13.3. The molecular formula is C12H12ClNO3. The van der Waals surface area contributed by atoms with E-state index in [0.717, 1.165) is 17.7 Å². The molecule has 0 radical (unpaired) electrons. The maximum atomic E-state index is 11.3. The second-order valence-electron chi connectivity index (χ2n) is 3.45. The molecule has 1 rings (SSSR count). The molecule has 0 aliphatic heterocycles. The molecular weight excluding hydrogens is 242 g/mol. The average molecular weight is 254 g/mol. The van der Waals surface area contributed by atoms with Crippen LogP contribution < -0.4 is 5.32 Å². The molecule has 0 aliphatic rings. The molecule has 1 unspecified atom stereocenters. The molecule has 5 heteroatoms. The molecule has 2 N–H and O–H groups in total. The molecule has 1 aromatic carbocycles. The van der Waals surface area contributed by atoms with Crippen molar-refractivity contribution in [2.24, 2.45) is 0 Å². The summed E-state index contributed by atoms with van der Waals surface area (Å²) in [4.78, 5) is 21.5. The topological polar surface area (TPSA) is 66.4 Å². The molecule has 1 aromatic rings. The van der Waals surface area contributed by atoms with E-state index in [0.29, 0.717) is 5.02 Å². The Labute approximate surface area is 104 Å². The van der Waals surface area contributed by atoms with E-state index >= 15 is 0 Å². The SMILES string of the molecule is CC(NC(=O)/C=C/C(=O)O)c1ccc(Cl)cc1. The maximum Gasteiger partial charge on any atom is 0.328 e. The molecule has 0 fully saturated rings. The molecule has 4 nitrogen and oxygen atoms in total. The Kier molecular flexibility index (Phi) is 4.72. The number of carboxylic acids is 1. The van der Waals surface area contributed by atoms with Crippen LogP contribution >= 0.6 is 11.6 Å². The first-order valence-electron chi connectivity index (χ1n) is 4.96. The molecule has 0 saturated carbocycles. The van der Waals surface area contributed by atoms with Gasteiger partial charge in [0.2, 0.25) is 5.91 Å². The van der Waals surface area contributed by atoms with Gasteiger partial charge in [-0.1, -0.05) is 23.7 Å². The van der Waals surface area contributed by atoms with E-state index < -0.39 is 11.9 Å². The van der Waals surface area contributed by atoms with Gasteiger partial charge in [-0.15, -0.1) is 0 Å². The highest BCUT2D eigenvalue weighted by Crippen LogP contribution is 2.15. The van der Waals surface area contributed by atoms with Crippen molar-refractivity contribution < 1.29 is 14.7 Å². The van der Waals surface area contributed by atoms with Crippen LogP contribution in [-0.2, 0) is 9.59 Å². The van der Waals surface area contributed by atoms with Gasteiger partial charge in [-0.3, -0.25) is 4.79 Å².